The number of rotatable bonds is 3. The number of nitrogens with two attached hydrogens (primary N) is 1. The maximum absolute atomic E-state index is 11.9. The van der Waals surface area contributed by atoms with E-state index in [1.54, 1.807) is 12.1 Å². The summed E-state index contributed by atoms with van der Waals surface area (Å²) >= 11 is 0. The van der Waals surface area contributed by atoms with E-state index >= 15 is 0 Å². The van der Waals surface area contributed by atoms with Crippen molar-refractivity contribution in [2.75, 3.05) is 18.0 Å². The minimum absolute atomic E-state index is 0.245. The highest BCUT2D eigenvalue weighted by Gasteiger charge is 2.33. The molecule has 2 fully saturated rings. The largest absolute Gasteiger partial charge is 0.366 e. The Morgan fingerprint density at radius 2 is 1.95 bits per heavy atom. The summed E-state index contributed by atoms with van der Waals surface area (Å²) in [4.78, 5) is 2.50. The van der Waals surface area contributed by atoms with Gasteiger partial charge in [0.25, 0.3) is 0 Å². The fourth-order valence-corrected chi connectivity index (χ4v) is 4.39. The SMILES string of the molecule is NS(=O)(=O)c1ccccc1N1CCCCC1C1CCCN1. The Balaban J connectivity index is 1.97. The van der Waals surface area contributed by atoms with Crippen molar-refractivity contribution in [2.45, 2.75) is 49.1 Å². The fraction of sp³-hybridized carbons (Fsp3) is 0.600. The van der Waals surface area contributed by atoms with Crippen LogP contribution in [0, 0.1) is 0 Å². The van der Waals surface area contributed by atoms with E-state index < -0.39 is 10.0 Å². The van der Waals surface area contributed by atoms with Crippen LogP contribution in [0.2, 0.25) is 0 Å². The molecular weight excluding hydrogens is 286 g/mol. The monoisotopic (exact) mass is 309 g/mol. The summed E-state index contributed by atoms with van der Waals surface area (Å²) in [6.45, 7) is 1.96. The number of primary sulfonamides is 1. The molecule has 6 heteroatoms. The molecule has 1 aromatic carbocycles. The number of nitrogens with zero attached hydrogens (tertiary/aromatic N) is 1. The van der Waals surface area contributed by atoms with Crippen molar-refractivity contribution >= 4 is 15.7 Å². The molecule has 21 heavy (non-hydrogen) atoms. The van der Waals surface area contributed by atoms with Gasteiger partial charge in [-0.05, 0) is 50.8 Å². The van der Waals surface area contributed by atoms with Crippen LogP contribution in [0.15, 0.2) is 29.2 Å². The molecule has 0 spiro atoms. The first-order valence-electron chi connectivity index (χ1n) is 7.69. The highest BCUT2D eigenvalue weighted by Crippen LogP contribution is 2.32. The minimum atomic E-state index is -3.69. The standard InChI is InChI=1S/C15H23N3O2S/c16-21(19,20)15-9-2-1-8-14(15)18-11-4-3-7-13(18)12-6-5-10-17-12/h1-2,8-9,12-13,17H,3-7,10-11H2,(H2,16,19,20). The molecule has 0 aliphatic carbocycles. The summed E-state index contributed by atoms with van der Waals surface area (Å²) in [5, 5.41) is 8.95. The summed E-state index contributed by atoms with van der Waals surface area (Å²) in [7, 11) is -3.69. The minimum Gasteiger partial charge on any atom is -0.366 e. The highest BCUT2D eigenvalue weighted by atomic mass is 32.2. The molecule has 2 unspecified atom stereocenters. The third-order valence-electron chi connectivity index (χ3n) is 4.59. The number of anilines is 1. The summed E-state index contributed by atoms with van der Waals surface area (Å²) in [5.74, 6) is 0. The van der Waals surface area contributed by atoms with Gasteiger partial charge < -0.3 is 10.2 Å². The van der Waals surface area contributed by atoms with Crippen LogP contribution in [-0.4, -0.2) is 33.6 Å². The van der Waals surface area contributed by atoms with Gasteiger partial charge in [-0.2, -0.15) is 0 Å². The molecular formula is C15H23N3O2S. The van der Waals surface area contributed by atoms with Gasteiger partial charge in [-0.15, -0.1) is 0 Å². The van der Waals surface area contributed by atoms with E-state index in [0.29, 0.717) is 12.1 Å². The first-order valence-corrected chi connectivity index (χ1v) is 9.24. The zero-order valence-electron chi connectivity index (χ0n) is 12.2. The molecule has 116 valence electrons. The van der Waals surface area contributed by atoms with E-state index in [-0.39, 0.29) is 4.90 Å². The zero-order chi connectivity index (χ0) is 14.9. The Morgan fingerprint density at radius 1 is 1.14 bits per heavy atom. The van der Waals surface area contributed by atoms with Gasteiger partial charge in [-0.1, -0.05) is 12.1 Å². The van der Waals surface area contributed by atoms with Gasteiger partial charge >= 0.3 is 0 Å². The average molecular weight is 309 g/mol. The molecule has 5 nitrogen and oxygen atoms in total. The molecule has 2 heterocycles. The van der Waals surface area contributed by atoms with Gasteiger partial charge in [-0.25, -0.2) is 13.6 Å². The van der Waals surface area contributed by atoms with Gasteiger partial charge in [0, 0.05) is 18.6 Å². The van der Waals surface area contributed by atoms with E-state index in [0.717, 1.165) is 31.6 Å². The lowest BCUT2D eigenvalue weighted by Crippen LogP contribution is -2.50. The van der Waals surface area contributed by atoms with Crippen molar-refractivity contribution in [1.29, 1.82) is 0 Å². The lowest BCUT2D eigenvalue weighted by Gasteiger charge is -2.41. The summed E-state index contributed by atoms with van der Waals surface area (Å²) in [6.07, 6.45) is 5.78. The number of benzene rings is 1. The molecule has 1 aromatic rings. The second-order valence-electron chi connectivity index (χ2n) is 5.97. The Kier molecular flexibility index (Phi) is 4.19. The highest BCUT2D eigenvalue weighted by molar-refractivity contribution is 7.89. The first-order chi connectivity index (χ1) is 10.1. The molecule has 2 atom stereocenters. The van der Waals surface area contributed by atoms with E-state index in [1.165, 1.54) is 19.3 Å². The first kappa shape index (κ1) is 14.8. The van der Waals surface area contributed by atoms with Crippen molar-refractivity contribution in [1.82, 2.24) is 5.32 Å². The Hall–Kier alpha value is -1.11. The van der Waals surface area contributed by atoms with E-state index in [4.69, 9.17) is 5.14 Å². The molecule has 0 aromatic heterocycles. The third-order valence-corrected chi connectivity index (χ3v) is 5.55. The smallest absolute Gasteiger partial charge is 0.240 e. The molecule has 0 amide bonds. The predicted octanol–water partition coefficient (Wildman–Crippen LogP) is 1.44. The van der Waals surface area contributed by atoms with Crippen LogP contribution >= 0.6 is 0 Å². The molecule has 3 N–H and O–H groups in total. The topological polar surface area (TPSA) is 75.4 Å². The Bertz CT molecular complexity index is 597. The second kappa shape index (κ2) is 5.94. The number of para-hydroxylation sites is 1. The van der Waals surface area contributed by atoms with E-state index in [9.17, 15) is 8.42 Å². The number of piperidine rings is 1. The van der Waals surface area contributed by atoms with Gasteiger partial charge in [0.15, 0.2) is 0 Å². The normalized spacial score (nSPS) is 27.0. The predicted molar refractivity (Wildman–Crippen MR) is 83.8 cm³/mol. The maximum Gasteiger partial charge on any atom is 0.240 e. The number of hydrogen-bond donors (Lipinski definition) is 2. The van der Waals surface area contributed by atoms with Crippen molar-refractivity contribution in [3.05, 3.63) is 24.3 Å². The lowest BCUT2D eigenvalue weighted by molar-refractivity contribution is 0.377. The summed E-state index contributed by atoms with van der Waals surface area (Å²) in [5.41, 5.74) is 0.762. The quantitative estimate of drug-likeness (QED) is 0.886. The van der Waals surface area contributed by atoms with Crippen LogP contribution in [0.25, 0.3) is 0 Å². The van der Waals surface area contributed by atoms with Crippen LogP contribution in [0.1, 0.15) is 32.1 Å². The molecule has 0 radical (unpaired) electrons. The zero-order valence-corrected chi connectivity index (χ0v) is 13.0. The molecule has 2 aliphatic heterocycles. The van der Waals surface area contributed by atoms with E-state index in [1.807, 2.05) is 12.1 Å². The van der Waals surface area contributed by atoms with Gasteiger partial charge in [0.05, 0.1) is 5.69 Å². The molecule has 3 rings (SSSR count). The van der Waals surface area contributed by atoms with Crippen LogP contribution < -0.4 is 15.4 Å². The van der Waals surface area contributed by atoms with Gasteiger partial charge in [-0.3, -0.25) is 0 Å². The summed E-state index contributed by atoms with van der Waals surface area (Å²) in [6, 6.07) is 7.93. The number of nitrogens with one attached hydrogen (secondary N) is 1. The summed E-state index contributed by atoms with van der Waals surface area (Å²) < 4.78 is 23.7. The second-order valence-corrected chi connectivity index (χ2v) is 7.50. The number of sulfonamides is 1. The van der Waals surface area contributed by atoms with E-state index in [2.05, 4.69) is 10.2 Å². The molecule has 2 aliphatic rings. The Labute approximate surface area is 126 Å². The van der Waals surface area contributed by atoms with Crippen molar-refractivity contribution in [3.63, 3.8) is 0 Å². The molecule has 2 saturated heterocycles. The van der Waals surface area contributed by atoms with Gasteiger partial charge in [0.2, 0.25) is 10.0 Å². The van der Waals surface area contributed by atoms with Crippen molar-refractivity contribution < 1.29 is 8.42 Å². The third kappa shape index (κ3) is 3.07. The van der Waals surface area contributed by atoms with Gasteiger partial charge in [0.1, 0.15) is 4.90 Å². The average Bonchev–Trinajstić information content (AvgIpc) is 3.00. The van der Waals surface area contributed by atoms with Crippen LogP contribution in [0.3, 0.4) is 0 Å². The fourth-order valence-electron chi connectivity index (χ4n) is 3.65. The van der Waals surface area contributed by atoms with Crippen LogP contribution in [0.4, 0.5) is 5.69 Å². The number of hydrogen-bond acceptors (Lipinski definition) is 4. The molecule has 0 bridgehead atoms. The van der Waals surface area contributed by atoms with Crippen molar-refractivity contribution in [3.8, 4) is 0 Å². The van der Waals surface area contributed by atoms with Crippen LogP contribution in [0.5, 0.6) is 0 Å². The Morgan fingerprint density at radius 3 is 2.67 bits per heavy atom. The maximum atomic E-state index is 11.9. The van der Waals surface area contributed by atoms with Crippen LogP contribution in [-0.2, 0) is 10.0 Å². The molecule has 0 saturated carbocycles. The van der Waals surface area contributed by atoms with Crippen molar-refractivity contribution in [2.24, 2.45) is 5.14 Å². The lowest BCUT2D eigenvalue weighted by atomic mass is 9.94.